The van der Waals surface area contributed by atoms with Gasteiger partial charge in [-0.25, -0.2) is 4.79 Å². The van der Waals surface area contributed by atoms with Crippen LogP contribution < -0.4 is 11.2 Å². The normalized spacial score (nSPS) is 34.2. The summed E-state index contributed by atoms with van der Waals surface area (Å²) in [6.45, 7) is -0.902. The van der Waals surface area contributed by atoms with Crippen LogP contribution in [0.15, 0.2) is 21.9 Å². The van der Waals surface area contributed by atoms with Crippen molar-refractivity contribution in [2.75, 3.05) is 13.7 Å². The summed E-state index contributed by atoms with van der Waals surface area (Å²) in [6.07, 6.45) is -1.45. The molecule has 1 aliphatic rings. The molecule has 7 nitrogen and oxygen atoms in total. The Morgan fingerprint density at radius 1 is 1.67 bits per heavy atom. The maximum Gasteiger partial charge on any atom is 0.330 e. The maximum atomic E-state index is 11.8. The van der Waals surface area contributed by atoms with E-state index in [9.17, 15) is 14.7 Å². The predicted octanol–water partition coefficient (Wildman–Crippen LogP) is -0.923. The average molecular weight is 258 g/mol. The fourth-order valence-electron chi connectivity index (χ4n) is 2.11. The van der Waals surface area contributed by atoms with Crippen LogP contribution in [-0.4, -0.2) is 40.5 Å². The van der Waals surface area contributed by atoms with E-state index in [1.807, 2.05) is 0 Å². The Kier molecular flexibility index (Phi) is 2.94. The van der Waals surface area contributed by atoms with Gasteiger partial charge in [0, 0.05) is 25.3 Å². The molecule has 2 heterocycles. The number of rotatable bonds is 3. The van der Waals surface area contributed by atoms with E-state index in [-0.39, 0.29) is 0 Å². The van der Waals surface area contributed by atoms with Gasteiger partial charge in [0.15, 0.2) is 6.23 Å². The van der Waals surface area contributed by atoms with Gasteiger partial charge in [-0.3, -0.25) is 14.3 Å². The first-order valence-corrected chi connectivity index (χ1v) is 5.48. The minimum atomic E-state index is -2.56. The van der Waals surface area contributed by atoms with Crippen molar-refractivity contribution in [1.82, 2.24) is 9.55 Å². The van der Waals surface area contributed by atoms with Gasteiger partial charge in [-0.1, -0.05) is 6.92 Å². The summed E-state index contributed by atoms with van der Waals surface area (Å²) < 4.78 is 26.5. The van der Waals surface area contributed by atoms with Crippen molar-refractivity contribution in [3.05, 3.63) is 33.1 Å². The summed E-state index contributed by atoms with van der Waals surface area (Å²) in [4.78, 5) is 24.9. The van der Waals surface area contributed by atoms with Crippen LogP contribution in [0.5, 0.6) is 0 Å². The Hall–Kier alpha value is -1.44. The Morgan fingerprint density at radius 3 is 2.94 bits per heavy atom. The van der Waals surface area contributed by atoms with E-state index in [0.717, 1.165) is 10.6 Å². The Labute approximate surface area is 106 Å². The molecule has 1 aromatic rings. The minimum Gasteiger partial charge on any atom is -0.394 e. The summed E-state index contributed by atoms with van der Waals surface area (Å²) >= 11 is 0. The highest BCUT2D eigenvalue weighted by Crippen LogP contribution is 2.34. The molecule has 0 aromatic carbocycles. The third-order valence-corrected chi connectivity index (χ3v) is 3.09. The van der Waals surface area contributed by atoms with Gasteiger partial charge in [0.1, 0.15) is 6.10 Å². The summed E-state index contributed by atoms with van der Waals surface area (Å²) in [5.74, 6) is -0.483. The van der Waals surface area contributed by atoms with Crippen molar-refractivity contribution >= 4 is 0 Å². The summed E-state index contributed by atoms with van der Waals surface area (Å²) in [5.41, 5.74) is -1.23. The lowest BCUT2D eigenvalue weighted by molar-refractivity contribution is -0.0625. The highest BCUT2D eigenvalue weighted by Gasteiger charge is 2.43. The number of hydrogen-bond acceptors (Lipinski definition) is 5. The van der Waals surface area contributed by atoms with E-state index >= 15 is 0 Å². The predicted molar refractivity (Wildman–Crippen MR) is 62.3 cm³/mol. The standard InChI is InChI=1S/C11H16N2O5/c1-6-7(5-14)18-10(9(6)17-2)13-4-3-8(15)12-11(13)16/h3-4,6-7,9-10,14H,5H2,1-2H3,(H,12,15,16)/t6?,7-,9+,10-/m1/s1/i5D2. The largest absolute Gasteiger partial charge is 0.394 e. The van der Waals surface area contributed by atoms with E-state index in [1.165, 1.54) is 13.3 Å². The summed E-state index contributed by atoms with van der Waals surface area (Å²) in [7, 11) is 1.41. The van der Waals surface area contributed by atoms with Crippen LogP contribution in [0.25, 0.3) is 0 Å². The number of methoxy groups -OCH3 is 1. The molecule has 1 aliphatic heterocycles. The van der Waals surface area contributed by atoms with Crippen molar-refractivity contribution in [1.29, 1.82) is 0 Å². The number of aromatic nitrogens is 2. The van der Waals surface area contributed by atoms with E-state index < -0.39 is 42.2 Å². The monoisotopic (exact) mass is 258 g/mol. The molecule has 0 saturated carbocycles. The summed E-state index contributed by atoms with van der Waals surface area (Å²) in [5, 5.41) is 9.49. The molecule has 0 aliphatic carbocycles. The Bertz CT molecular complexity index is 593. The van der Waals surface area contributed by atoms with Gasteiger partial charge in [-0.05, 0) is 0 Å². The second-order valence-electron chi connectivity index (χ2n) is 4.15. The van der Waals surface area contributed by atoms with Crippen molar-refractivity contribution in [3.8, 4) is 0 Å². The average Bonchev–Trinajstić information content (AvgIpc) is 2.65. The lowest BCUT2D eigenvalue weighted by atomic mass is 10.0. The van der Waals surface area contributed by atoms with Gasteiger partial charge in [-0.15, -0.1) is 0 Å². The van der Waals surface area contributed by atoms with Crippen LogP contribution in [0.3, 0.4) is 0 Å². The highest BCUT2D eigenvalue weighted by molar-refractivity contribution is 4.92. The lowest BCUT2D eigenvalue weighted by Crippen LogP contribution is -2.36. The van der Waals surface area contributed by atoms with Gasteiger partial charge in [-0.2, -0.15) is 0 Å². The molecule has 0 spiro atoms. The van der Waals surface area contributed by atoms with Gasteiger partial charge in [0.05, 0.1) is 15.4 Å². The molecule has 1 fully saturated rings. The Balaban J connectivity index is 2.41. The molecule has 0 amide bonds. The number of hydrogen-bond donors (Lipinski definition) is 2. The Morgan fingerprint density at radius 2 is 2.39 bits per heavy atom. The zero-order valence-corrected chi connectivity index (χ0v) is 9.99. The molecular formula is C11H16N2O5. The van der Waals surface area contributed by atoms with Crippen LogP contribution >= 0.6 is 0 Å². The first-order chi connectivity index (χ1) is 9.25. The quantitative estimate of drug-likeness (QED) is 0.731. The van der Waals surface area contributed by atoms with Gasteiger partial charge >= 0.3 is 5.69 Å². The smallest absolute Gasteiger partial charge is 0.330 e. The van der Waals surface area contributed by atoms with E-state index in [2.05, 4.69) is 4.98 Å². The van der Waals surface area contributed by atoms with Crippen LogP contribution in [0.1, 0.15) is 15.9 Å². The molecule has 1 aromatic heterocycles. The number of nitrogens with one attached hydrogen (secondary N) is 1. The summed E-state index contributed by atoms with van der Waals surface area (Å²) in [6, 6.07) is 1.16. The third-order valence-electron chi connectivity index (χ3n) is 3.09. The molecule has 18 heavy (non-hydrogen) atoms. The van der Waals surface area contributed by atoms with Gasteiger partial charge in [0.2, 0.25) is 0 Å². The van der Waals surface area contributed by atoms with Gasteiger partial charge < -0.3 is 14.6 Å². The van der Waals surface area contributed by atoms with E-state index in [0.29, 0.717) is 0 Å². The highest BCUT2D eigenvalue weighted by atomic mass is 16.6. The third kappa shape index (κ3) is 2.12. The number of H-pyrrole nitrogens is 1. The topological polar surface area (TPSA) is 93.5 Å². The van der Waals surface area contributed by atoms with Crippen LogP contribution in [0.4, 0.5) is 0 Å². The van der Waals surface area contributed by atoms with Gasteiger partial charge in [0.25, 0.3) is 5.56 Å². The molecule has 1 unspecified atom stereocenters. The van der Waals surface area contributed by atoms with Crippen LogP contribution in [0, 0.1) is 5.92 Å². The fourth-order valence-corrected chi connectivity index (χ4v) is 2.11. The number of ether oxygens (including phenoxy) is 2. The first-order valence-electron chi connectivity index (χ1n) is 6.48. The van der Waals surface area contributed by atoms with E-state index in [1.54, 1.807) is 6.92 Å². The lowest BCUT2D eigenvalue weighted by Gasteiger charge is -2.20. The molecule has 4 atom stereocenters. The molecule has 100 valence electrons. The molecule has 1 saturated heterocycles. The SMILES string of the molecule is [2H]C([2H])(O)[C@H]1O[C@@H](n2ccc(=O)[nH]c2=O)[C@@H](OC)C1C. The fraction of sp³-hybridized carbons (Fsp3) is 0.636. The van der Waals surface area contributed by atoms with Crippen molar-refractivity contribution < 1.29 is 17.3 Å². The first kappa shape index (κ1) is 10.5. The number of aromatic amines is 1. The van der Waals surface area contributed by atoms with E-state index in [4.69, 9.17) is 12.2 Å². The maximum absolute atomic E-state index is 11.8. The molecule has 0 radical (unpaired) electrons. The van der Waals surface area contributed by atoms with Crippen molar-refractivity contribution in [2.24, 2.45) is 5.92 Å². The molecule has 0 bridgehead atoms. The van der Waals surface area contributed by atoms with Crippen molar-refractivity contribution in [3.63, 3.8) is 0 Å². The van der Waals surface area contributed by atoms with Crippen LogP contribution in [0.2, 0.25) is 0 Å². The number of nitrogens with zero attached hydrogens (tertiary/aromatic N) is 1. The van der Waals surface area contributed by atoms with Crippen LogP contribution in [-0.2, 0) is 9.47 Å². The molecular weight excluding hydrogens is 240 g/mol. The number of aliphatic hydroxyl groups is 1. The minimum absolute atomic E-state index is 0.483. The molecule has 7 heteroatoms. The second kappa shape index (κ2) is 5.05. The zero-order valence-electron chi connectivity index (χ0n) is 12.0. The second-order valence-corrected chi connectivity index (χ2v) is 4.15. The zero-order chi connectivity index (χ0) is 15.1. The molecule has 2 rings (SSSR count). The molecule has 2 N–H and O–H groups in total. The van der Waals surface area contributed by atoms with Crippen molar-refractivity contribution in [2.45, 2.75) is 25.4 Å².